The monoisotopic (exact) mass is 384 g/mol. The van der Waals surface area contributed by atoms with Crippen LogP contribution in [0.3, 0.4) is 0 Å². The quantitative estimate of drug-likeness (QED) is 0.737. The molecule has 0 radical (unpaired) electrons. The number of hydrogen-bond acceptors (Lipinski definition) is 4. The van der Waals surface area contributed by atoms with Crippen LogP contribution in [0.25, 0.3) is 10.9 Å². The minimum Gasteiger partial charge on any atom is -0.370 e. The third-order valence-corrected chi connectivity index (χ3v) is 5.58. The van der Waals surface area contributed by atoms with Crippen LogP contribution in [-0.4, -0.2) is 30.0 Å². The van der Waals surface area contributed by atoms with Gasteiger partial charge in [0.25, 0.3) is 5.91 Å². The fourth-order valence-corrected chi connectivity index (χ4v) is 4.18. The molecule has 0 spiro atoms. The third-order valence-electron chi connectivity index (χ3n) is 5.58. The van der Waals surface area contributed by atoms with Gasteiger partial charge in [-0.25, -0.2) is 0 Å². The van der Waals surface area contributed by atoms with Crippen molar-refractivity contribution in [3.63, 3.8) is 0 Å². The summed E-state index contributed by atoms with van der Waals surface area (Å²) >= 11 is 0. The van der Waals surface area contributed by atoms with Crippen LogP contribution in [-0.2, 0) is 0 Å². The number of fused-ring (bicyclic) bond motifs is 1. The molecule has 0 unspecified atom stereocenters. The maximum absolute atomic E-state index is 12.4. The van der Waals surface area contributed by atoms with E-state index in [1.54, 1.807) is 6.20 Å². The van der Waals surface area contributed by atoms with Gasteiger partial charge in [-0.1, -0.05) is 29.8 Å². The van der Waals surface area contributed by atoms with E-state index in [4.69, 9.17) is 0 Å². The van der Waals surface area contributed by atoms with E-state index >= 15 is 0 Å². The number of nitrogens with one attached hydrogen (secondary N) is 1. The minimum atomic E-state index is -0.0256. The van der Waals surface area contributed by atoms with Gasteiger partial charge in [-0.15, -0.1) is 0 Å². The number of aromatic nitrogens is 1. The van der Waals surface area contributed by atoms with E-state index in [0.717, 1.165) is 53.6 Å². The SMILES string of the molecule is Cc1cc(C)c2ncc(C#N)c(N3CCC(NC(=O)c4ccccc4)CC3)c2c1. The van der Waals surface area contributed by atoms with E-state index < -0.39 is 0 Å². The highest BCUT2D eigenvalue weighted by atomic mass is 16.1. The molecule has 0 saturated carbocycles. The number of aryl methyl sites for hydroxylation is 2. The molecule has 1 saturated heterocycles. The summed E-state index contributed by atoms with van der Waals surface area (Å²) in [6.07, 6.45) is 3.37. The first kappa shape index (κ1) is 18.9. The predicted octanol–water partition coefficient (Wildman–Crippen LogP) is 4.12. The average Bonchev–Trinajstić information content (AvgIpc) is 2.74. The van der Waals surface area contributed by atoms with Crippen LogP contribution in [0, 0.1) is 25.2 Å². The third kappa shape index (κ3) is 3.79. The van der Waals surface area contributed by atoms with Crippen molar-refractivity contribution < 1.29 is 4.79 Å². The Balaban J connectivity index is 1.55. The first-order valence-electron chi connectivity index (χ1n) is 9.97. The summed E-state index contributed by atoms with van der Waals surface area (Å²) in [5, 5.41) is 13.9. The van der Waals surface area contributed by atoms with E-state index in [1.807, 2.05) is 30.3 Å². The number of hydrogen-bond donors (Lipinski definition) is 1. The molecule has 3 aromatic rings. The van der Waals surface area contributed by atoms with Gasteiger partial charge in [0.05, 0.1) is 16.8 Å². The Bertz CT molecular complexity index is 1090. The maximum Gasteiger partial charge on any atom is 0.251 e. The fourth-order valence-electron chi connectivity index (χ4n) is 4.18. The molecule has 5 heteroatoms. The molecule has 1 aliphatic heterocycles. The van der Waals surface area contributed by atoms with Crippen molar-refractivity contribution in [3.8, 4) is 6.07 Å². The number of piperidine rings is 1. The van der Waals surface area contributed by atoms with Crippen molar-refractivity contribution >= 4 is 22.5 Å². The van der Waals surface area contributed by atoms with Crippen molar-refractivity contribution in [2.45, 2.75) is 32.7 Å². The Morgan fingerprint density at radius 3 is 2.59 bits per heavy atom. The smallest absolute Gasteiger partial charge is 0.251 e. The van der Waals surface area contributed by atoms with Crippen LogP contribution in [0.4, 0.5) is 5.69 Å². The molecular weight excluding hydrogens is 360 g/mol. The van der Waals surface area contributed by atoms with E-state index in [2.05, 4.69) is 47.3 Å². The van der Waals surface area contributed by atoms with Crippen molar-refractivity contribution in [2.24, 2.45) is 0 Å². The second kappa shape index (κ2) is 7.92. The van der Waals surface area contributed by atoms with Gasteiger partial charge in [-0.2, -0.15) is 5.26 Å². The highest BCUT2D eigenvalue weighted by molar-refractivity contribution is 5.97. The normalized spacial score (nSPS) is 14.6. The minimum absolute atomic E-state index is 0.0256. The second-order valence-electron chi connectivity index (χ2n) is 7.71. The van der Waals surface area contributed by atoms with Crippen LogP contribution in [0.2, 0.25) is 0 Å². The van der Waals surface area contributed by atoms with Gasteiger partial charge in [0.1, 0.15) is 6.07 Å². The summed E-state index contributed by atoms with van der Waals surface area (Å²) in [4.78, 5) is 19.2. The number of benzene rings is 2. The molecule has 0 bridgehead atoms. The number of carbonyl (C=O) groups excluding carboxylic acids is 1. The lowest BCUT2D eigenvalue weighted by Crippen LogP contribution is -2.45. The zero-order valence-corrected chi connectivity index (χ0v) is 16.8. The van der Waals surface area contributed by atoms with Gasteiger partial charge in [0.15, 0.2) is 0 Å². The van der Waals surface area contributed by atoms with E-state index in [9.17, 15) is 10.1 Å². The Morgan fingerprint density at radius 1 is 1.17 bits per heavy atom. The number of carbonyl (C=O) groups is 1. The van der Waals surface area contributed by atoms with E-state index in [-0.39, 0.29) is 11.9 Å². The number of rotatable bonds is 3. The van der Waals surface area contributed by atoms with E-state index in [1.165, 1.54) is 0 Å². The Labute approximate surface area is 171 Å². The van der Waals surface area contributed by atoms with Gasteiger partial charge in [-0.05, 0) is 50.5 Å². The highest BCUT2D eigenvalue weighted by Gasteiger charge is 2.24. The Hall–Kier alpha value is -3.39. The van der Waals surface area contributed by atoms with Gasteiger partial charge >= 0.3 is 0 Å². The molecule has 1 N–H and O–H groups in total. The van der Waals surface area contributed by atoms with Crippen LogP contribution in [0.1, 0.15) is 39.9 Å². The summed E-state index contributed by atoms with van der Waals surface area (Å²) in [6.45, 7) is 5.71. The van der Waals surface area contributed by atoms with Gasteiger partial charge < -0.3 is 10.2 Å². The topological polar surface area (TPSA) is 69.0 Å². The zero-order chi connectivity index (χ0) is 20.4. The molecule has 2 heterocycles. The summed E-state index contributed by atoms with van der Waals surface area (Å²) in [5.41, 5.74) is 5.50. The molecule has 0 atom stereocenters. The molecule has 4 rings (SSSR count). The first-order valence-corrected chi connectivity index (χ1v) is 9.97. The summed E-state index contributed by atoms with van der Waals surface area (Å²) in [7, 11) is 0. The molecule has 1 amide bonds. The van der Waals surface area contributed by atoms with Crippen LogP contribution in [0.15, 0.2) is 48.7 Å². The van der Waals surface area contributed by atoms with E-state index in [0.29, 0.717) is 11.1 Å². The van der Waals surface area contributed by atoms with Crippen LogP contribution < -0.4 is 10.2 Å². The molecule has 5 nitrogen and oxygen atoms in total. The highest BCUT2D eigenvalue weighted by Crippen LogP contribution is 2.33. The lowest BCUT2D eigenvalue weighted by atomic mass is 9.99. The molecule has 29 heavy (non-hydrogen) atoms. The molecule has 2 aromatic carbocycles. The Morgan fingerprint density at radius 2 is 1.90 bits per heavy atom. The number of pyridine rings is 1. The average molecular weight is 384 g/mol. The standard InChI is InChI=1S/C24H24N4O/c1-16-12-17(2)22-21(13-16)23(19(14-25)15-26-22)28-10-8-20(9-11-28)27-24(29)18-6-4-3-5-7-18/h3-7,12-13,15,20H,8-11H2,1-2H3,(H,27,29). The van der Waals surface area contributed by atoms with Gasteiger partial charge in [0.2, 0.25) is 0 Å². The number of anilines is 1. The zero-order valence-electron chi connectivity index (χ0n) is 16.8. The van der Waals surface area contributed by atoms with Gasteiger partial charge in [-0.3, -0.25) is 9.78 Å². The van der Waals surface area contributed by atoms with Crippen molar-refractivity contribution in [3.05, 3.63) is 70.9 Å². The molecule has 1 fully saturated rings. The summed E-state index contributed by atoms with van der Waals surface area (Å²) in [5.74, 6) is -0.0256. The van der Waals surface area contributed by atoms with Crippen molar-refractivity contribution in [1.29, 1.82) is 5.26 Å². The number of amides is 1. The number of nitrogens with zero attached hydrogens (tertiary/aromatic N) is 3. The molecule has 1 aliphatic rings. The second-order valence-corrected chi connectivity index (χ2v) is 7.71. The van der Waals surface area contributed by atoms with Crippen LogP contribution >= 0.6 is 0 Å². The van der Waals surface area contributed by atoms with Crippen molar-refractivity contribution in [1.82, 2.24) is 10.3 Å². The first-order chi connectivity index (χ1) is 14.1. The molecule has 0 aliphatic carbocycles. The molecule has 1 aromatic heterocycles. The molecule has 146 valence electrons. The largest absolute Gasteiger partial charge is 0.370 e. The van der Waals surface area contributed by atoms with Gasteiger partial charge in [0, 0.05) is 36.3 Å². The summed E-state index contributed by atoms with van der Waals surface area (Å²) in [6, 6.07) is 16.0. The Kier molecular flexibility index (Phi) is 5.18. The van der Waals surface area contributed by atoms with Crippen LogP contribution in [0.5, 0.6) is 0 Å². The number of nitriles is 1. The lowest BCUT2D eigenvalue weighted by Gasteiger charge is -2.35. The summed E-state index contributed by atoms with van der Waals surface area (Å²) < 4.78 is 0. The fraction of sp³-hybridized carbons (Fsp3) is 0.292. The predicted molar refractivity (Wildman–Crippen MR) is 115 cm³/mol. The lowest BCUT2D eigenvalue weighted by molar-refractivity contribution is 0.0931. The maximum atomic E-state index is 12.4. The molecular formula is C24H24N4O. The van der Waals surface area contributed by atoms with Crippen molar-refractivity contribution in [2.75, 3.05) is 18.0 Å².